The van der Waals surface area contributed by atoms with Crippen LogP contribution < -0.4 is 0 Å². The summed E-state index contributed by atoms with van der Waals surface area (Å²) in [5.74, 6) is 0. The minimum atomic E-state index is 0.764. The van der Waals surface area contributed by atoms with E-state index in [1.54, 1.807) is 0 Å². The Balaban J connectivity index is 0.976. The number of benzene rings is 8. The van der Waals surface area contributed by atoms with Crippen LogP contribution in [0, 0.1) is 0 Å². The molecule has 0 N–H and O–H groups in total. The van der Waals surface area contributed by atoms with Crippen LogP contribution in [0.2, 0.25) is 0 Å². The molecule has 58 heavy (non-hydrogen) atoms. The van der Waals surface area contributed by atoms with Crippen molar-refractivity contribution in [1.29, 1.82) is 0 Å². The van der Waals surface area contributed by atoms with Gasteiger partial charge in [0.2, 0.25) is 0 Å². The van der Waals surface area contributed by atoms with Crippen LogP contribution in [0.5, 0.6) is 0 Å². The molecule has 0 saturated heterocycles. The third kappa shape index (κ3) is 4.44. The Labute approximate surface area is 331 Å². The van der Waals surface area contributed by atoms with Crippen molar-refractivity contribution in [3.63, 3.8) is 0 Å². The van der Waals surface area contributed by atoms with Gasteiger partial charge < -0.3 is 18.0 Å². The van der Waals surface area contributed by atoms with Gasteiger partial charge in [0.05, 0.1) is 27.8 Å². The van der Waals surface area contributed by atoms with E-state index in [1.165, 1.54) is 43.7 Å². The van der Waals surface area contributed by atoms with Gasteiger partial charge in [-0.3, -0.25) is 0 Å². The molecule has 0 radical (unpaired) electrons. The molecule has 0 spiro atoms. The largest absolute Gasteiger partial charge is 0.456 e. The molecule has 0 aliphatic carbocycles. The van der Waals surface area contributed by atoms with E-state index in [4.69, 9.17) is 13.8 Å². The highest BCUT2D eigenvalue weighted by Crippen LogP contribution is 2.42. The van der Waals surface area contributed by atoms with E-state index in [2.05, 4.69) is 161 Å². The van der Waals surface area contributed by atoms with Gasteiger partial charge in [0.1, 0.15) is 22.3 Å². The second-order valence-electron chi connectivity index (χ2n) is 15.1. The maximum Gasteiger partial charge on any atom is 0.153 e. The van der Waals surface area contributed by atoms with Crippen molar-refractivity contribution in [2.75, 3.05) is 0 Å². The lowest BCUT2D eigenvalue weighted by Crippen LogP contribution is -1.94. The zero-order valence-electron chi connectivity index (χ0n) is 31.1. The second kappa shape index (κ2) is 11.8. The zero-order chi connectivity index (χ0) is 37.9. The zero-order valence-corrected chi connectivity index (χ0v) is 31.1. The average molecular weight is 742 g/mol. The molecule has 0 saturated carbocycles. The number of fused-ring (bicyclic) bond motifs is 12. The summed E-state index contributed by atoms with van der Waals surface area (Å²) in [5.41, 5.74) is 15.4. The third-order valence-electron chi connectivity index (χ3n) is 11.9. The first-order chi connectivity index (χ1) is 28.7. The van der Waals surface area contributed by atoms with E-state index in [0.717, 1.165) is 77.7 Å². The summed E-state index contributed by atoms with van der Waals surface area (Å²) in [7, 11) is 0. The van der Waals surface area contributed by atoms with Crippen LogP contribution in [-0.2, 0) is 0 Å². The van der Waals surface area contributed by atoms with Gasteiger partial charge in [-0.1, -0.05) is 91.0 Å². The molecule has 5 aromatic heterocycles. The van der Waals surface area contributed by atoms with Gasteiger partial charge in [-0.25, -0.2) is 4.98 Å². The van der Waals surface area contributed by atoms with Crippen LogP contribution in [0.3, 0.4) is 0 Å². The van der Waals surface area contributed by atoms with Crippen molar-refractivity contribution in [3.8, 4) is 33.8 Å². The molecule has 0 aliphatic heterocycles. The summed E-state index contributed by atoms with van der Waals surface area (Å²) in [6.07, 6.45) is 0. The maximum atomic E-state index is 6.38. The molecule has 13 rings (SSSR count). The summed E-state index contributed by atoms with van der Waals surface area (Å²) in [5, 5.41) is 8.08. The molecule has 8 aromatic carbocycles. The normalized spacial score (nSPS) is 12.1. The Kier molecular flexibility index (Phi) is 6.38. The number of aromatic nitrogens is 3. The van der Waals surface area contributed by atoms with Gasteiger partial charge >= 0.3 is 0 Å². The topological polar surface area (TPSA) is 49.0 Å². The predicted molar refractivity (Wildman–Crippen MR) is 238 cm³/mol. The van der Waals surface area contributed by atoms with Crippen LogP contribution in [0.15, 0.2) is 197 Å². The fraction of sp³-hybridized carbons (Fsp3) is 0. The highest BCUT2D eigenvalue weighted by atomic mass is 16.3. The van der Waals surface area contributed by atoms with Crippen molar-refractivity contribution < 1.29 is 8.83 Å². The summed E-state index contributed by atoms with van der Waals surface area (Å²) < 4.78 is 17.2. The molecule has 0 amide bonds. The molecule has 0 aliphatic rings. The minimum Gasteiger partial charge on any atom is -0.456 e. The number of para-hydroxylation sites is 4. The molecule has 270 valence electrons. The lowest BCUT2D eigenvalue weighted by atomic mass is 9.98. The second-order valence-corrected chi connectivity index (χ2v) is 15.1. The van der Waals surface area contributed by atoms with Gasteiger partial charge in [-0.05, 0) is 108 Å². The summed E-state index contributed by atoms with van der Waals surface area (Å²) in [6.45, 7) is 0. The SMILES string of the molecule is c1ccc(-n2c3ccccc3c3c(-c4ccc5c(c4)c4ccccc4n5-c4ccc5oc6ccc(-c7ccc8oc9ccccc9c8c7)nc6c5c4)cccc32)cc1. The molecule has 5 heterocycles. The van der Waals surface area contributed by atoms with Crippen LogP contribution in [0.4, 0.5) is 0 Å². The summed E-state index contributed by atoms with van der Waals surface area (Å²) >= 11 is 0. The molecule has 0 fully saturated rings. The van der Waals surface area contributed by atoms with Crippen LogP contribution in [0.25, 0.3) is 121 Å². The van der Waals surface area contributed by atoms with Crippen molar-refractivity contribution in [2.24, 2.45) is 0 Å². The Morgan fingerprint density at radius 3 is 1.86 bits per heavy atom. The predicted octanol–water partition coefficient (Wildman–Crippen LogP) is 14.4. The minimum absolute atomic E-state index is 0.764. The number of hydrogen-bond acceptors (Lipinski definition) is 3. The van der Waals surface area contributed by atoms with Crippen LogP contribution >= 0.6 is 0 Å². The molecule has 0 bridgehead atoms. The van der Waals surface area contributed by atoms with Crippen LogP contribution in [-0.4, -0.2) is 14.1 Å². The third-order valence-corrected chi connectivity index (χ3v) is 11.9. The fourth-order valence-corrected chi connectivity index (χ4v) is 9.35. The standard InChI is InChI=1S/C53H31N3O2/c1-2-11-34(12-3-1)55-45-18-8-5-15-39(45)52-36(16-10-19-47(52)55)32-21-25-46-40(29-32)37-13-4-7-17-44(37)56(46)35-23-27-50-42(31-35)53-51(58-50)28-24-43(54-53)33-22-26-49-41(30-33)38-14-6-9-20-48(38)57-49/h1-31H. The number of rotatable bonds is 4. The average Bonchev–Trinajstić information content (AvgIpc) is 4.03. The fourth-order valence-electron chi connectivity index (χ4n) is 9.35. The first-order valence-corrected chi connectivity index (χ1v) is 19.6. The monoisotopic (exact) mass is 741 g/mol. The lowest BCUT2D eigenvalue weighted by molar-refractivity contribution is 0.668. The number of furan rings is 2. The summed E-state index contributed by atoms with van der Waals surface area (Å²) in [4.78, 5) is 5.23. The number of nitrogens with zero attached hydrogens (tertiary/aromatic N) is 3. The van der Waals surface area contributed by atoms with Gasteiger partial charge in [0, 0.05) is 54.6 Å². The summed E-state index contributed by atoms with van der Waals surface area (Å²) in [6, 6.07) is 66.7. The Bertz CT molecular complexity index is 3810. The molecule has 5 nitrogen and oxygen atoms in total. The van der Waals surface area contributed by atoms with E-state index in [-0.39, 0.29) is 0 Å². The van der Waals surface area contributed by atoms with Gasteiger partial charge in [-0.15, -0.1) is 0 Å². The van der Waals surface area contributed by atoms with Gasteiger partial charge in [-0.2, -0.15) is 0 Å². The van der Waals surface area contributed by atoms with E-state index >= 15 is 0 Å². The molecule has 0 unspecified atom stereocenters. The first kappa shape index (κ1) is 31.3. The number of hydrogen-bond donors (Lipinski definition) is 0. The van der Waals surface area contributed by atoms with Crippen molar-refractivity contribution >= 4 is 87.6 Å². The van der Waals surface area contributed by atoms with Crippen molar-refractivity contribution in [3.05, 3.63) is 188 Å². The Morgan fingerprint density at radius 1 is 0.345 bits per heavy atom. The smallest absolute Gasteiger partial charge is 0.153 e. The Hall–Kier alpha value is -7.89. The van der Waals surface area contributed by atoms with E-state index < -0.39 is 0 Å². The van der Waals surface area contributed by atoms with Gasteiger partial charge in [0.25, 0.3) is 0 Å². The molecule has 5 heteroatoms. The highest BCUT2D eigenvalue weighted by molar-refractivity contribution is 6.17. The van der Waals surface area contributed by atoms with E-state index in [1.807, 2.05) is 36.4 Å². The van der Waals surface area contributed by atoms with Crippen LogP contribution in [0.1, 0.15) is 0 Å². The number of pyridine rings is 1. The van der Waals surface area contributed by atoms with Gasteiger partial charge in [0.15, 0.2) is 5.58 Å². The Morgan fingerprint density at radius 2 is 0.966 bits per heavy atom. The molecule has 13 aromatic rings. The molecule has 0 atom stereocenters. The van der Waals surface area contributed by atoms with E-state index in [0.29, 0.717) is 0 Å². The lowest BCUT2D eigenvalue weighted by Gasteiger charge is -2.10. The van der Waals surface area contributed by atoms with Crippen molar-refractivity contribution in [2.45, 2.75) is 0 Å². The molecular weight excluding hydrogens is 711 g/mol. The maximum absolute atomic E-state index is 6.38. The van der Waals surface area contributed by atoms with Crippen molar-refractivity contribution in [1.82, 2.24) is 14.1 Å². The first-order valence-electron chi connectivity index (χ1n) is 19.6. The highest BCUT2D eigenvalue weighted by Gasteiger charge is 2.19. The molecular formula is C53H31N3O2. The van der Waals surface area contributed by atoms with E-state index in [9.17, 15) is 0 Å². The quantitative estimate of drug-likeness (QED) is 0.180.